The van der Waals surface area contributed by atoms with Gasteiger partial charge < -0.3 is 5.73 Å². The number of nitrogens with two attached hydrogens (primary N) is 2. The quantitative estimate of drug-likeness (QED) is 0.448. The van der Waals surface area contributed by atoms with Crippen LogP contribution < -0.4 is 17.0 Å². The van der Waals surface area contributed by atoms with E-state index in [-0.39, 0.29) is 6.04 Å². The minimum absolute atomic E-state index is 0.159. The first-order chi connectivity index (χ1) is 7.74. The van der Waals surface area contributed by atoms with Crippen molar-refractivity contribution >= 4 is 28.6 Å². The van der Waals surface area contributed by atoms with E-state index in [0.29, 0.717) is 10.7 Å². The predicted molar refractivity (Wildman–Crippen MR) is 69.3 cm³/mol. The first-order valence-electron chi connectivity index (χ1n) is 4.77. The van der Waals surface area contributed by atoms with Gasteiger partial charge in [-0.15, -0.1) is 11.3 Å². The van der Waals surface area contributed by atoms with Crippen LogP contribution in [-0.2, 0) is 0 Å². The second-order valence-electron chi connectivity index (χ2n) is 3.36. The van der Waals surface area contributed by atoms with Crippen LogP contribution in [0.3, 0.4) is 0 Å². The molecule has 84 valence electrons. The number of nitrogens with one attached hydrogen (secondary N) is 1. The lowest BCUT2D eigenvalue weighted by Gasteiger charge is -2.17. The number of halogens is 1. The lowest BCUT2D eigenvalue weighted by Crippen LogP contribution is -2.29. The third-order valence-corrected chi connectivity index (χ3v) is 3.80. The van der Waals surface area contributed by atoms with Gasteiger partial charge in [0.2, 0.25) is 0 Å². The van der Waals surface area contributed by atoms with Crippen LogP contribution in [0.5, 0.6) is 0 Å². The summed E-state index contributed by atoms with van der Waals surface area (Å²) >= 11 is 7.65. The minimum Gasteiger partial charge on any atom is -0.398 e. The van der Waals surface area contributed by atoms with E-state index in [1.165, 1.54) is 0 Å². The van der Waals surface area contributed by atoms with Gasteiger partial charge in [-0.3, -0.25) is 5.84 Å². The van der Waals surface area contributed by atoms with Gasteiger partial charge in [0.05, 0.1) is 11.1 Å². The smallest absolute Gasteiger partial charge is 0.0837 e. The van der Waals surface area contributed by atoms with Gasteiger partial charge in [0.25, 0.3) is 0 Å². The van der Waals surface area contributed by atoms with Crippen LogP contribution in [0.2, 0.25) is 5.02 Å². The minimum atomic E-state index is -0.159. The van der Waals surface area contributed by atoms with Crippen molar-refractivity contribution in [3.8, 4) is 0 Å². The van der Waals surface area contributed by atoms with Crippen LogP contribution in [0.4, 0.5) is 5.69 Å². The summed E-state index contributed by atoms with van der Waals surface area (Å²) in [6.07, 6.45) is 0. The van der Waals surface area contributed by atoms with Crippen LogP contribution in [0.1, 0.15) is 16.5 Å². The molecule has 1 heterocycles. The van der Waals surface area contributed by atoms with Gasteiger partial charge in [-0.05, 0) is 23.1 Å². The Hall–Kier alpha value is -1.07. The third-order valence-electron chi connectivity index (χ3n) is 2.38. The number of thiophene rings is 1. The number of para-hydroxylation sites is 1. The van der Waals surface area contributed by atoms with Crippen LogP contribution >= 0.6 is 22.9 Å². The summed E-state index contributed by atoms with van der Waals surface area (Å²) in [5.41, 5.74) is 10.3. The Balaban J connectivity index is 2.45. The van der Waals surface area contributed by atoms with Crippen LogP contribution in [0.15, 0.2) is 35.7 Å². The Kier molecular flexibility index (Phi) is 3.46. The Morgan fingerprint density at radius 1 is 1.25 bits per heavy atom. The van der Waals surface area contributed by atoms with Gasteiger partial charge in [0, 0.05) is 10.6 Å². The zero-order valence-electron chi connectivity index (χ0n) is 8.48. The molecule has 0 fully saturated rings. The van der Waals surface area contributed by atoms with Gasteiger partial charge in [-0.25, -0.2) is 5.43 Å². The fourth-order valence-corrected chi connectivity index (χ4v) is 2.83. The standard InChI is InChI=1S/C11H12ClN3S/c12-8-5-6-16-11(8)10(15-14)7-3-1-2-4-9(7)13/h1-6,10,15H,13-14H2. The first-order valence-corrected chi connectivity index (χ1v) is 6.03. The highest BCUT2D eigenvalue weighted by Crippen LogP contribution is 2.34. The summed E-state index contributed by atoms with van der Waals surface area (Å²) in [4.78, 5) is 0.974. The second kappa shape index (κ2) is 4.84. The summed E-state index contributed by atoms with van der Waals surface area (Å²) in [7, 11) is 0. The van der Waals surface area contributed by atoms with E-state index < -0.39 is 0 Å². The third kappa shape index (κ3) is 2.05. The van der Waals surface area contributed by atoms with Gasteiger partial charge in [-0.2, -0.15) is 0 Å². The monoisotopic (exact) mass is 253 g/mol. The lowest BCUT2D eigenvalue weighted by molar-refractivity contribution is 0.648. The Morgan fingerprint density at radius 3 is 2.56 bits per heavy atom. The molecule has 0 aliphatic rings. The number of hydrogen-bond donors (Lipinski definition) is 3. The van der Waals surface area contributed by atoms with Gasteiger partial charge >= 0.3 is 0 Å². The molecule has 1 atom stereocenters. The Morgan fingerprint density at radius 2 is 2.00 bits per heavy atom. The number of hydrazine groups is 1. The highest BCUT2D eigenvalue weighted by molar-refractivity contribution is 7.10. The van der Waals surface area contributed by atoms with Crippen molar-refractivity contribution in [2.45, 2.75) is 6.04 Å². The van der Waals surface area contributed by atoms with E-state index in [1.807, 2.05) is 35.7 Å². The van der Waals surface area contributed by atoms with Crippen LogP contribution in [0.25, 0.3) is 0 Å². The zero-order valence-corrected chi connectivity index (χ0v) is 10.1. The molecular weight excluding hydrogens is 242 g/mol. The number of hydrogen-bond acceptors (Lipinski definition) is 4. The maximum atomic E-state index is 6.09. The van der Waals surface area contributed by atoms with E-state index in [0.717, 1.165) is 10.4 Å². The maximum Gasteiger partial charge on any atom is 0.0837 e. The van der Waals surface area contributed by atoms with E-state index in [4.69, 9.17) is 23.2 Å². The van der Waals surface area contributed by atoms with E-state index in [2.05, 4.69) is 5.43 Å². The van der Waals surface area contributed by atoms with Gasteiger partial charge in [0.1, 0.15) is 0 Å². The summed E-state index contributed by atoms with van der Waals surface area (Å²) in [6.45, 7) is 0. The van der Waals surface area contributed by atoms with Crippen LogP contribution in [-0.4, -0.2) is 0 Å². The highest BCUT2D eigenvalue weighted by Gasteiger charge is 2.18. The molecule has 1 unspecified atom stereocenters. The molecule has 0 bridgehead atoms. The molecule has 1 aromatic heterocycles. The Bertz CT molecular complexity index is 484. The normalized spacial score (nSPS) is 12.6. The van der Waals surface area contributed by atoms with E-state index in [1.54, 1.807) is 11.3 Å². The summed E-state index contributed by atoms with van der Waals surface area (Å²) in [6, 6.07) is 9.30. The van der Waals surface area contributed by atoms with Crippen molar-refractivity contribution in [1.82, 2.24) is 5.43 Å². The van der Waals surface area contributed by atoms with Gasteiger partial charge in [-0.1, -0.05) is 29.8 Å². The molecule has 0 aliphatic heterocycles. The fourth-order valence-electron chi connectivity index (χ4n) is 1.59. The molecular formula is C11H12ClN3S. The number of benzene rings is 1. The molecule has 0 aliphatic carbocycles. The number of anilines is 1. The van der Waals surface area contributed by atoms with Crippen molar-refractivity contribution < 1.29 is 0 Å². The van der Waals surface area contributed by atoms with Gasteiger partial charge in [0.15, 0.2) is 0 Å². The molecule has 0 saturated heterocycles. The largest absolute Gasteiger partial charge is 0.398 e. The molecule has 5 N–H and O–H groups in total. The molecule has 0 spiro atoms. The molecule has 3 nitrogen and oxygen atoms in total. The molecule has 0 saturated carbocycles. The number of rotatable bonds is 3. The average Bonchev–Trinajstić information content (AvgIpc) is 2.69. The summed E-state index contributed by atoms with van der Waals surface area (Å²) in [5, 5.41) is 2.64. The van der Waals surface area contributed by atoms with Crippen molar-refractivity contribution in [2.24, 2.45) is 5.84 Å². The van der Waals surface area contributed by atoms with Crippen molar-refractivity contribution in [3.63, 3.8) is 0 Å². The summed E-state index contributed by atoms with van der Waals surface area (Å²) in [5.74, 6) is 5.58. The van der Waals surface area contributed by atoms with E-state index in [9.17, 15) is 0 Å². The molecule has 1 aromatic carbocycles. The van der Waals surface area contributed by atoms with Crippen molar-refractivity contribution in [1.29, 1.82) is 0 Å². The highest BCUT2D eigenvalue weighted by atomic mass is 35.5. The average molecular weight is 254 g/mol. The number of nitrogen functional groups attached to an aromatic ring is 1. The van der Waals surface area contributed by atoms with Crippen LogP contribution in [0, 0.1) is 0 Å². The van der Waals surface area contributed by atoms with Crippen molar-refractivity contribution in [2.75, 3.05) is 5.73 Å². The van der Waals surface area contributed by atoms with Crippen molar-refractivity contribution in [3.05, 3.63) is 51.2 Å². The summed E-state index contributed by atoms with van der Waals surface area (Å²) < 4.78 is 0. The Labute approximate surface area is 103 Å². The molecule has 2 rings (SSSR count). The molecule has 16 heavy (non-hydrogen) atoms. The fraction of sp³-hybridized carbons (Fsp3) is 0.0909. The topological polar surface area (TPSA) is 64.1 Å². The zero-order chi connectivity index (χ0) is 11.5. The molecule has 0 radical (unpaired) electrons. The van der Waals surface area contributed by atoms with E-state index >= 15 is 0 Å². The first kappa shape index (κ1) is 11.4. The SMILES string of the molecule is NNC(c1ccccc1N)c1sccc1Cl. The maximum absolute atomic E-state index is 6.09. The lowest BCUT2D eigenvalue weighted by atomic mass is 10.0. The molecule has 2 aromatic rings. The predicted octanol–water partition coefficient (Wildman–Crippen LogP) is 2.54. The second-order valence-corrected chi connectivity index (χ2v) is 4.72. The molecule has 5 heteroatoms. The molecule has 0 amide bonds.